The molecule has 27 heavy (non-hydrogen) atoms. The first-order valence-electron chi connectivity index (χ1n) is 8.72. The molecule has 1 saturated heterocycles. The first-order valence-corrected chi connectivity index (χ1v) is 10.6. The number of aromatic nitrogens is 2. The number of pyridine rings is 2. The van der Waals surface area contributed by atoms with Gasteiger partial charge in [0, 0.05) is 38.6 Å². The third kappa shape index (κ3) is 5.24. The Labute approximate surface area is 159 Å². The quantitative estimate of drug-likeness (QED) is 0.719. The van der Waals surface area contributed by atoms with Crippen LogP contribution in [0.3, 0.4) is 0 Å². The molecular weight excluding hydrogens is 366 g/mol. The highest BCUT2D eigenvalue weighted by atomic mass is 32.2. The molecule has 3 heterocycles. The van der Waals surface area contributed by atoms with Gasteiger partial charge in [-0.15, -0.1) is 0 Å². The molecule has 144 valence electrons. The van der Waals surface area contributed by atoms with Crippen LogP contribution in [0.1, 0.15) is 5.69 Å². The molecule has 1 amide bonds. The summed E-state index contributed by atoms with van der Waals surface area (Å²) in [6.07, 6.45) is 4.46. The summed E-state index contributed by atoms with van der Waals surface area (Å²) in [5, 5.41) is 0. The molecule has 0 bridgehead atoms. The van der Waals surface area contributed by atoms with Crippen molar-refractivity contribution in [2.75, 3.05) is 43.9 Å². The zero-order valence-corrected chi connectivity index (χ0v) is 16.0. The Morgan fingerprint density at radius 3 is 2.26 bits per heavy atom. The fourth-order valence-corrected chi connectivity index (χ4v) is 3.65. The molecule has 8 nitrogen and oxygen atoms in total. The largest absolute Gasteiger partial charge is 0.353 e. The smallest absolute Gasteiger partial charge is 0.238 e. The van der Waals surface area contributed by atoms with Gasteiger partial charge in [0.05, 0.1) is 25.0 Å². The molecule has 1 aliphatic rings. The normalized spacial score (nSPS) is 15.2. The van der Waals surface area contributed by atoms with Gasteiger partial charge < -0.3 is 9.80 Å². The molecule has 0 N–H and O–H groups in total. The number of carbonyl (C=O) groups excluding carboxylic acids is 1. The van der Waals surface area contributed by atoms with E-state index in [1.807, 2.05) is 18.2 Å². The summed E-state index contributed by atoms with van der Waals surface area (Å²) in [4.78, 5) is 25.0. The molecule has 0 radical (unpaired) electrons. The zero-order chi connectivity index (χ0) is 19.3. The van der Waals surface area contributed by atoms with Crippen LogP contribution in [0.5, 0.6) is 0 Å². The molecule has 0 saturated carbocycles. The van der Waals surface area contributed by atoms with E-state index in [9.17, 15) is 13.2 Å². The van der Waals surface area contributed by atoms with Crippen molar-refractivity contribution in [3.05, 3.63) is 54.5 Å². The van der Waals surface area contributed by atoms with Crippen LogP contribution < -0.4 is 4.90 Å². The van der Waals surface area contributed by atoms with Crippen molar-refractivity contribution < 1.29 is 13.2 Å². The standard InChI is InChI=1S/C18H23N5O3S/c1-27(25,26)23(14-16-6-2-4-8-19-16)15-18(24)22-12-10-21(11-13-22)17-7-3-5-9-20-17/h2-9H,10-15H2,1H3. The Bertz CT molecular complexity index is 853. The molecule has 1 fully saturated rings. The summed E-state index contributed by atoms with van der Waals surface area (Å²) in [6, 6.07) is 11.0. The van der Waals surface area contributed by atoms with E-state index in [2.05, 4.69) is 14.9 Å². The number of piperazine rings is 1. The second-order valence-electron chi connectivity index (χ2n) is 6.41. The summed E-state index contributed by atoms with van der Waals surface area (Å²) < 4.78 is 25.4. The van der Waals surface area contributed by atoms with Gasteiger partial charge in [-0.1, -0.05) is 12.1 Å². The monoisotopic (exact) mass is 389 g/mol. The van der Waals surface area contributed by atoms with Gasteiger partial charge in [0.25, 0.3) is 0 Å². The van der Waals surface area contributed by atoms with Crippen molar-refractivity contribution in [3.8, 4) is 0 Å². The van der Waals surface area contributed by atoms with E-state index in [-0.39, 0.29) is 19.0 Å². The van der Waals surface area contributed by atoms with Crippen LogP contribution in [0, 0.1) is 0 Å². The van der Waals surface area contributed by atoms with Crippen molar-refractivity contribution in [2.45, 2.75) is 6.54 Å². The van der Waals surface area contributed by atoms with E-state index in [4.69, 9.17) is 0 Å². The Balaban J connectivity index is 1.60. The molecule has 3 rings (SSSR count). The predicted molar refractivity (Wildman–Crippen MR) is 103 cm³/mol. The Morgan fingerprint density at radius 2 is 1.70 bits per heavy atom. The molecule has 0 atom stereocenters. The van der Waals surface area contributed by atoms with Crippen molar-refractivity contribution in [1.29, 1.82) is 0 Å². The van der Waals surface area contributed by atoms with Crippen LogP contribution in [0.4, 0.5) is 5.82 Å². The molecule has 0 aliphatic carbocycles. The van der Waals surface area contributed by atoms with E-state index >= 15 is 0 Å². The van der Waals surface area contributed by atoms with Crippen molar-refractivity contribution in [1.82, 2.24) is 19.2 Å². The highest BCUT2D eigenvalue weighted by Crippen LogP contribution is 2.13. The van der Waals surface area contributed by atoms with Crippen LogP contribution in [0.25, 0.3) is 0 Å². The molecule has 2 aromatic rings. The average molecular weight is 389 g/mol. The second-order valence-corrected chi connectivity index (χ2v) is 8.39. The Morgan fingerprint density at radius 1 is 1.04 bits per heavy atom. The van der Waals surface area contributed by atoms with E-state index in [0.29, 0.717) is 31.9 Å². The van der Waals surface area contributed by atoms with E-state index in [1.54, 1.807) is 35.5 Å². The summed E-state index contributed by atoms with van der Waals surface area (Å²) in [5.74, 6) is 0.689. The van der Waals surface area contributed by atoms with E-state index < -0.39 is 10.0 Å². The fraction of sp³-hybridized carbons (Fsp3) is 0.389. The average Bonchev–Trinajstić information content (AvgIpc) is 2.68. The molecule has 9 heteroatoms. The maximum absolute atomic E-state index is 12.7. The zero-order valence-electron chi connectivity index (χ0n) is 15.2. The van der Waals surface area contributed by atoms with Crippen molar-refractivity contribution >= 4 is 21.7 Å². The molecule has 0 unspecified atom stereocenters. The van der Waals surface area contributed by atoms with Gasteiger partial charge in [0.2, 0.25) is 15.9 Å². The van der Waals surface area contributed by atoms with Gasteiger partial charge in [-0.25, -0.2) is 13.4 Å². The number of rotatable bonds is 6. The Kier molecular flexibility index (Phi) is 6.02. The van der Waals surface area contributed by atoms with E-state index in [0.717, 1.165) is 12.1 Å². The lowest BCUT2D eigenvalue weighted by Crippen LogP contribution is -2.51. The van der Waals surface area contributed by atoms with Gasteiger partial charge in [-0.2, -0.15) is 4.31 Å². The highest BCUT2D eigenvalue weighted by Gasteiger charge is 2.26. The molecule has 0 spiro atoms. The lowest BCUT2D eigenvalue weighted by atomic mass is 10.3. The first-order chi connectivity index (χ1) is 12.9. The molecular formula is C18H23N5O3S. The minimum absolute atomic E-state index is 0.0827. The van der Waals surface area contributed by atoms with Crippen LogP contribution >= 0.6 is 0 Å². The summed E-state index contributed by atoms with van der Waals surface area (Å²) in [6.45, 7) is 2.31. The van der Waals surface area contributed by atoms with Gasteiger partial charge in [0.15, 0.2) is 0 Å². The fourth-order valence-electron chi connectivity index (χ4n) is 2.94. The molecule has 0 aromatic carbocycles. The maximum Gasteiger partial charge on any atom is 0.238 e. The Hall–Kier alpha value is -2.52. The second kappa shape index (κ2) is 8.45. The number of nitrogens with zero attached hydrogens (tertiary/aromatic N) is 5. The summed E-state index contributed by atoms with van der Waals surface area (Å²) >= 11 is 0. The number of hydrogen-bond acceptors (Lipinski definition) is 6. The van der Waals surface area contributed by atoms with Crippen LogP contribution in [-0.2, 0) is 21.4 Å². The third-order valence-electron chi connectivity index (χ3n) is 4.45. The van der Waals surface area contributed by atoms with Gasteiger partial charge in [-0.05, 0) is 24.3 Å². The number of amides is 1. The minimum Gasteiger partial charge on any atom is -0.353 e. The molecule has 2 aromatic heterocycles. The molecule has 1 aliphatic heterocycles. The number of hydrogen-bond donors (Lipinski definition) is 0. The van der Waals surface area contributed by atoms with Gasteiger partial charge >= 0.3 is 0 Å². The summed E-state index contributed by atoms with van der Waals surface area (Å²) in [5.41, 5.74) is 0.607. The number of sulfonamides is 1. The van der Waals surface area contributed by atoms with Crippen LogP contribution in [0.2, 0.25) is 0 Å². The number of anilines is 1. The third-order valence-corrected chi connectivity index (χ3v) is 5.65. The van der Waals surface area contributed by atoms with Gasteiger partial charge in [0.1, 0.15) is 5.82 Å². The van der Waals surface area contributed by atoms with Crippen LogP contribution in [0.15, 0.2) is 48.8 Å². The SMILES string of the molecule is CS(=O)(=O)N(CC(=O)N1CCN(c2ccccn2)CC1)Cc1ccccn1. The predicted octanol–water partition coefficient (Wildman–Crippen LogP) is 0.587. The van der Waals surface area contributed by atoms with Gasteiger partial charge in [-0.3, -0.25) is 9.78 Å². The topological polar surface area (TPSA) is 86.7 Å². The highest BCUT2D eigenvalue weighted by molar-refractivity contribution is 7.88. The maximum atomic E-state index is 12.7. The van der Waals surface area contributed by atoms with Crippen molar-refractivity contribution in [2.24, 2.45) is 0 Å². The lowest BCUT2D eigenvalue weighted by Gasteiger charge is -2.36. The first kappa shape index (κ1) is 19.2. The van der Waals surface area contributed by atoms with Crippen molar-refractivity contribution in [3.63, 3.8) is 0 Å². The lowest BCUT2D eigenvalue weighted by molar-refractivity contribution is -0.131. The van der Waals surface area contributed by atoms with Crippen LogP contribution in [-0.4, -0.2) is 72.5 Å². The minimum atomic E-state index is -3.53. The van der Waals surface area contributed by atoms with E-state index in [1.165, 1.54) is 4.31 Å². The summed E-state index contributed by atoms with van der Waals surface area (Å²) in [7, 11) is -3.53. The number of carbonyl (C=O) groups is 1.